The average molecular weight is 266 g/mol. The molecule has 1 atom stereocenters. The van der Waals surface area contributed by atoms with Gasteiger partial charge in [0.25, 0.3) is 0 Å². The van der Waals surface area contributed by atoms with E-state index in [0.717, 1.165) is 5.56 Å². The number of aliphatic carboxylic acids is 1. The highest BCUT2D eigenvalue weighted by Crippen LogP contribution is 2.23. The lowest BCUT2D eigenvalue weighted by Crippen LogP contribution is -2.45. The maximum atomic E-state index is 11.7. The summed E-state index contributed by atoms with van der Waals surface area (Å²) in [4.78, 5) is 22.4. The predicted octanol–water partition coefficient (Wildman–Crippen LogP) is 1.38. The molecule has 0 saturated heterocycles. The van der Waals surface area contributed by atoms with Crippen molar-refractivity contribution in [2.45, 2.75) is 25.8 Å². The zero-order chi connectivity index (χ0) is 14.4. The highest BCUT2D eigenvalue weighted by molar-refractivity contribution is 5.93. The van der Waals surface area contributed by atoms with Crippen LogP contribution in [0.15, 0.2) is 24.3 Å². The zero-order valence-electron chi connectivity index (χ0n) is 10.9. The number of carbonyl (C=O) groups excluding carboxylic acids is 1. The van der Waals surface area contributed by atoms with Gasteiger partial charge in [0.05, 0.1) is 6.61 Å². The summed E-state index contributed by atoms with van der Waals surface area (Å²) < 4.78 is 0. The van der Waals surface area contributed by atoms with Gasteiger partial charge in [-0.2, -0.15) is 0 Å². The van der Waals surface area contributed by atoms with Crippen LogP contribution in [0.1, 0.15) is 25.3 Å². The third-order valence-electron chi connectivity index (χ3n) is 2.62. The number of carboxylic acid groups (broad SMARTS) is 1. The number of rotatable bonds is 5. The molecule has 0 aliphatic rings. The summed E-state index contributed by atoms with van der Waals surface area (Å²) in [7, 11) is 0. The minimum atomic E-state index is -1.31. The second-order valence-corrected chi connectivity index (χ2v) is 4.41. The van der Waals surface area contributed by atoms with Gasteiger partial charge in [0, 0.05) is 5.69 Å². The quantitative estimate of drug-likeness (QED) is 0.647. The van der Waals surface area contributed by atoms with E-state index in [-0.39, 0.29) is 5.92 Å². The Labute approximate surface area is 111 Å². The molecule has 19 heavy (non-hydrogen) atoms. The van der Waals surface area contributed by atoms with Gasteiger partial charge < -0.3 is 20.8 Å². The molecule has 0 saturated carbocycles. The maximum Gasteiger partial charge on any atom is 0.328 e. The largest absolute Gasteiger partial charge is 0.480 e. The normalized spacial score (nSPS) is 12.0. The third-order valence-corrected chi connectivity index (χ3v) is 2.62. The molecule has 0 aliphatic heterocycles. The summed E-state index contributed by atoms with van der Waals surface area (Å²) in [5.74, 6) is -1.06. The van der Waals surface area contributed by atoms with Crippen LogP contribution in [-0.4, -0.2) is 34.9 Å². The van der Waals surface area contributed by atoms with E-state index < -0.39 is 24.6 Å². The van der Waals surface area contributed by atoms with E-state index in [1.165, 1.54) is 0 Å². The van der Waals surface area contributed by atoms with Gasteiger partial charge >= 0.3 is 12.0 Å². The summed E-state index contributed by atoms with van der Waals surface area (Å²) in [6.07, 6.45) is 0. The van der Waals surface area contributed by atoms with Gasteiger partial charge in [-0.25, -0.2) is 9.59 Å². The van der Waals surface area contributed by atoms with Crippen LogP contribution in [0.2, 0.25) is 0 Å². The number of urea groups is 1. The zero-order valence-corrected chi connectivity index (χ0v) is 10.9. The van der Waals surface area contributed by atoms with E-state index >= 15 is 0 Å². The Bertz CT molecular complexity index is 460. The monoisotopic (exact) mass is 266 g/mol. The summed E-state index contributed by atoms with van der Waals surface area (Å²) in [5.41, 5.74) is 1.57. The number of carbonyl (C=O) groups is 2. The molecule has 0 spiro atoms. The number of aliphatic hydroxyl groups excluding tert-OH is 1. The molecule has 1 aromatic carbocycles. The molecule has 6 nitrogen and oxygen atoms in total. The van der Waals surface area contributed by atoms with Gasteiger partial charge in [0.15, 0.2) is 6.04 Å². The molecule has 1 rings (SSSR count). The average Bonchev–Trinajstić information content (AvgIpc) is 2.35. The van der Waals surface area contributed by atoms with Crippen LogP contribution in [0.4, 0.5) is 10.5 Å². The number of nitrogens with one attached hydrogen (secondary N) is 2. The molecule has 0 aromatic heterocycles. The highest BCUT2D eigenvalue weighted by Gasteiger charge is 2.19. The van der Waals surface area contributed by atoms with Crippen molar-refractivity contribution in [2.24, 2.45) is 0 Å². The van der Waals surface area contributed by atoms with Crippen molar-refractivity contribution in [3.05, 3.63) is 29.8 Å². The Morgan fingerprint density at radius 3 is 2.42 bits per heavy atom. The van der Waals surface area contributed by atoms with Crippen molar-refractivity contribution in [3.63, 3.8) is 0 Å². The summed E-state index contributed by atoms with van der Waals surface area (Å²) in [6.45, 7) is 3.33. The fraction of sp³-hybridized carbons (Fsp3) is 0.385. The van der Waals surface area contributed by atoms with Crippen molar-refractivity contribution in [3.8, 4) is 0 Å². The molecular weight excluding hydrogens is 248 g/mol. The first-order chi connectivity index (χ1) is 8.95. The second-order valence-electron chi connectivity index (χ2n) is 4.41. The van der Waals surface area contributed by atoms with E-state index in [0.29, 0.717) is 5.69 Å². The van der Waals surface area contributed by atoms with Gasteiger partial charge in [0.2, 0.25) is 0 Å². The van der Waals surface area contributed by atoms with Gasteiger partial charge in [-0.15, -0.1) is 0 Å². The minimum Gasteiger partial charge on any atom is -0.480 e. The first-order valence-electron chi connectivity index (χ1n) is 5.95. The number of hydrogen-bond acceptors (Lipinski definition) is 3. The summed E-state index contributed by atoms with van der Waals surface area (Å²) in [6, 6.07) is 5.31. The summed E-state index contributed by atoms with van der Waals surface area (Å²) >= 11 is 0. The summed E-state index contributed by atoms with van der Waals surface area (Å²) in [5, 5.41) is 22.3. The molecule has 0 bridgehead atoms. The lowest BCUT2D eigenvalue weighted by molar-refractivity contribution is -0.140. The topological polar surface area (TPSA) is 98.7 Å². The van der Waals surface area contributed by atoms with Gasteiger partial charge in [0.1, 0.15) is 0 Å². The molecule has 0 aliphatic carbocycles. The number of hydrogen-bond donors (Lipinski definition) is 4. The molecule has 2 amide bonds. The van der Waals surface area contributed by atoms with Gasteiger partial charge in [-0.05, 0) is 17.5 Å². The predicted molar refractivity (Wildman–Crippen MR) is 71.2 cm³/mol. The number of amides is 2. The van der Waals surface area contributed by atoms with E-state index in [2.05, 4.69) is 10.6 Å². The Kier molecular flexibility index (Phi) is 5.32. The Morgan fingerprint density at radius 1 is 1.26 bits per heavy atom. The Hall–Kier alpha value is -2.08. The fourth-order valence-electron chi connectivity index (χ4n) is 1.62. The Morgan fingerprint density at radius 2 is 1.89 bits per heavy atom. The van der Waals surface area contributed by atoms with E-state index in [9.17, 15) is 9.59 Å². The van der Waals surface area contributed by atoms with Crippen LogP contribution in [-0.2, 0) is 4.79 Å². The van der Waals surface area contributed by atoms with Crippen molar-refractivity contribution in [1.82, 2.24) is 5.32 Å². The van der Waals surface area contributed by atoms with Gasteiger partial charge in [-0.1, -0.05) is 32.0 Å². The minimum absolute atomic E-state index is 0.226. The molecule has 1 unspecified atom stereocenters. The maximum absolute atomic E-state index is 11.7. The smallest absolute Gasteiger partial charge is 0.328 e. The Balaban J connectivity index is 2.74. The molecule has 4 N–H and O–H groups in total. The van der Waals surface area contributed by atoms with E-state index in [1.54, 1.807) is 12.1 Å². The molecule has 1 aromatic rings. The van der Waals surface area contributed by atoms with Crippen LogP contribution in [0.25, 0.3) is 0 Å². The van der Waals surface area contributed by atoms with Crippen molar-refractivity contribution in [2.75, 3.05) is 11.9 Å². The fourth-order valence-corrected chi connectivity index (χ4v) is 1.62. The van der Waals surface area contributed by atoms with E-state index in [1.807, 2.05) is 26.0 Å². The van der Waals surface area contributed by atoms with Crippen LogP contribution in [0.3, 0.4) is 0 Å². The molecular formula is C13H18N2O4. The van der Waals surface area contributed by atoms with Crippen LogP contribution in [0.5, 0.6) is 0 Å². The van der Waals surface area contributed by atoms with Gasteiger partial charge in [-0.3, -0.25) is 0 Å². The van der Waals surface area contributed by atoms with Crippen molar-refractivity contribution < 1.29 is 19.8 Å². The number of anilines is 1. The first kappa shape index (κ1) is 15.0. The third kappa shape index (κ3) is 4.26. The van der Waals surface area contributed by atoms with Crippen molar-refractivity contribution >= 4 is 17.7 Å². The van der Waals surface area contributed by atoms with Crippen molar-refractivity contribution in [1.29, 1.82) is 0 Å². The lowest BCUT2D eigenvalue weighted by atomic mass is 10.0. The number of para-hydroxylation sites is 1. The number of benzene rings is 1. The number of aliphatic hydroxyl groups is 1. The standard InChI is InChI=1S/C13H18N2O4/c1-8(2)9-5-3-4-6-10(9)14-13(19)15-11(7-16)12(17)18/h3-6,8,11,16H,7H2,1-2H3,(H,17,18)(H2,14,15,19). The highest BCUT2D eigenvalue weighted by atomic mass is 16.4. The molecule has 6 heteroatoms. The first-order valence-corrected chi connectivity index (χ1v) is 5.95. The molecule has 0 radical (unpaired) electrons. The molecule has 0 heterocycles. The molecule has 0 fully saturated rings. The molecule has 104 valence electrons. The second kappa shape index (κ2) is 6.75. The lowest BCUT2D eigenvalue weighted by Gasteiger charge is -2.16. The van der Waals surface area contributed by atoms with Crippen LogP contribution >= 0.6 is 0 Å². The SMILES string of the molecule is CC(C)c1ccccc1NC(=O)NC(CO)C(=O)O. The van der Waals surface area contributed by atoms with E-state index in [4.69, 9.17) is 10.2 Å². The van der Waals surface area contributed by atoms with Crippen LogP contribution < -0.4 is 10.6 Å². The number of carboxylic acids is 1. The van der Waals surface area contributed by atoms with Crippen LogP contribution in [0, 0.1) is 0 Å².